The van der Waals surface area contributed by atoms with E-state index < -0.39 is 15.9 Å². The number of likely N-dealkylation sites (N-methyl/N-ethyl adjacent to an activating group) is 1. The third-order valence-corrected chi connectivity index (χ3v) is 5.81. The number of carbonyl (C=O) groups excluding carboxylic acids is 1. The number of amides is 1. The van der Waals surface area contributed by atoms with Crippen molar-refractivity contribution in [2.24, 2.45) is 0 Å². The minimum atomic E-state index is -3.79. The van der Waals surface area contributed by atoms with E-state index in [1.165, 1.54) is 25.4 Å². The summed E-state index contributed by atoms with van der Waals surface area (Å²) in [4.78, 5) is 16.2. The van der Waals surface area contributed by atoms with Crippen LogP contribution in [0.5, 0.6) is 0 Å². The molecule has 0 spiro atoms. The molecular formula is C18H16ClN3O3S. The first-order valence-electron chi connectivity index (χ1n) is 7.73. The Labute approximate surface area is 156 Å². The molecule has 1 N–H and O–H groups in total. The molecule has 3 aromatic rings. The van der Waals surface area contributed by atoms with Crippen molar-refractivity contribution < 1.29 is 13.2 Å². The highest BCUT2D eigenvalue weighted by Gasteiger charge is 2.23. The van der Waals surface area contributed by atoms with Crippen LogP contribution in [0.3, 0.4) is 0 Å². The number of aromatic nitrogens is 1. The lowest BCUT2D eigenvalue weighted by atomic mass is 10.1. The first-order valence-corrected chi connectivity index (χ1v) is 9.54. The molecule has 134 valence electrons. The Balaban J connectivity index is 1.75. The topological polar surface area (TPSA) is 79.4 Å². The number of anilines is 1. The number of rotatable bonds is 5. The van der Waals surface area contributed by atoms with E-state index in [1.54, 1.807) is 18.2 Å². The van der Waals surface area contributed by atoms with Gasteiger partial charge in [-0.3, -0.25) is 4.79 Å². The number of nitrogens with zero attached hydrogens (tertiary/aromatic N) is 2. The molecule has 0 bridgehead atoms. The Bertz CT molecular complexity index is 1050. The van der Waals surface area contributed by atoms with Crippen molar-refractivity contribution >= 4 is 44.1 Å². The molecule has 8 heteroatoms. The predicted molar refractivity (Wildman–Crippen MR) is 102 cm³/mol. The van der Waals surface area contributed by atoms with Crippen LogP contribution in [0.4, 0.5) is 5.82 Å². The number of nitrogens with one attached hydrogen (secondary N) is 1. The summed E-state index contributed by atoms with van der Waals surface area (Å²) < 4.78 is 26.4. The minimum absolute atomic E-state index is 0.135. The third kappa shape index (κ3) is 4.01. The van der Waals surface area contributed by atoms with E-state index in [4.69, 9.17) is 11.6 Å². The van der Waals surface area contributed by atoms with Crippen LogP contribution in [0.2, 0.25) is 5.02 Å². The number of pyridine rings is 1. The molecule has 6 nitrogen and oxygen atoms in total. The smallest absolute Gasteiger partial charge is 0.243 e. The van der Waals surface area contributed by atoms with Crippen molar-refractivity contribution in [2.75, 3.05) is 18.9 Å². The van der Waals surface area contributed by atoms with Gasteiger partial charge in [-0.25, -0.2) is 13.4 Å². The predicted octanol–water partition coefficient (Wildman–Crippen LogP) is 3.15. The van der Waals surface area contributed by atoms with Crippen molar-refractivity contribution in [3.8, 4) is 0 Å². The summed E-state index contributed by atoms with van der Waals surface area (Å²) >= 11 is 5.74. The van der Waals surface area contributed by atoms with Crippen LogP contribution >= 0.6 is 11.6 Å². The number of benzene rings is 2. The van der Waals surface area contributed by atoms with E-state index in [0.717, 1.165) is 15.1 Å². The van der Waals surface area contributed by atoms with Crippen LogP contribution in [-0.2, 0) is 14.8 Å². The summed E-state index contributed by atoms with van der Waals surface area (Å²) in [6.07, 6.45) is 1.40. The molecule has 0 aliphatic heterocycles. The lowest BCUT2D eigenvalue weighted by molar-refractivity contribution is -0.116. The van der Waals surface area contributed by atoms with Crippen molar-refractivity contribution in [1.82, 2.24) is 9.29 Å². The summed E-state index contributed by atoms with van der Waals surface area (Å²) in [5.41, 5.74) is 0. The molecule has 3 rings (SSSR count). The van der Waals surface area contributed by atoms with E-state index in [2.05, 4.69) is 10.3 Å². The van der Waals surface area contributed by atoms with Gasteiger partial charge < -0.3 is 5.32 Å². The highest BCUT2D eigenvalue weighted by atomic mass is 35.5. The third-order valence-electron chi connectivity index (χ3n) is 3.79. The molecular weight excluding hydrogens is 374 g/mol. The maximum absolute atomic E-state index is 12.7. The lowest BCUT2D eigenvalue weighted by Crippen LogP contribution is -2.35. The summed E-state index contributed by atoms with van der Waals surface area (Å²) in [6, 6.07) is 15.5. The maximum atomic E-state index is 12.7. The molecule has 1 amide bonds. The molecule has 1 heterocycles. The van der Waals surface area contributed by atoms with Crippen molar-refractivity contribution in [2.45, 2.75) is 4.90 Å². The van der Waals surface area contributed by atoms with Gasteiger partial charge in [0.05, 0.1) is 16.5 Å². The normalized spacial score (nSPS) is 11.7. The molecule has 0 saturated carbocycles. The number of hydrogen-bond donors (Lipinski definition) is 1. The van der Waals surface area contributed by atoms with Gasteiger partial charge >= 0.3 is 0 Å². The molecule has 0 aliphatic rings. The first kappa shape index (κ1) is 18.3. The first-order chi connectivity index (χ1) is 12.4. The number of fused-ring (bicyclic) bond motifs is 1. The number of carbonyl (C=O) groups is 1. The van der Waals surface area contributed by atoms with Crippen molar-refractivity contribution in [1.29, 1.82) is 0 Å². The van der Waals surface area contributed by atoms with Gasteiger partial charge in [0.15, 0.2) is 0 Å². The molecule has 0 radical (unpaired) electrons. The van der Waals surface area contributed by atoms with E-state index in [1.807, 2.05) is 24.3 Å². The molecule has 2 aromatic carbocycles. The van der Waals surface area contributed by atoms with E-state index in [-0.39, 0.29) is 11.4 Å². The van der Waals surface area contributed by atoms with Crippen molar-refractivity contribution in [3.05, 3.63) is 65.8 Å². The quantitative estimate of drug-likeness (QED) is 0.727. The fourth-order valence-electron chi connectivity index (χ4n) is 2.43. The number of halogens is 1. The minimum Gasteiger partial charge on any atom is -0.310 e. The van der Waals surface area contributed by atoms with Crippen LogP contribution in [-0.4, -0.2) is 37.2 Å². The summed E-state index contributed by atoms with van der Waals surface area (Å²) in [7, 11) is -2.43. The summed E-state index contributed by atoms with van der Waals surface area (Å²) in [6.45, 7) is -0.334. The van der Waals surface area contributed by atoms with E-state index >= 15 is 0 Å². The van der Waals surface area contributed by atoms with Crippen LogP contribution in [0.25, 0.3) is 10.8 Å². The van der Waals surface area contributed by atoms with Gasteiger partial charge in [-0.15, -0.1) is 0 Å². The maximum Gasteiger partial charge on any atom is 0.243 e. The summed E-state index contributed by atoms with van der Waals surface area (Å²) in [5.74, 6) is -0.192. The van der Waals surface area contributed by atoms with Crippen molar-refractivity contribution in [3.63, 3.8) is 0 Å². The molecule has 0 unspecified atom stereocenters. The second kappa shape index (κ2) is 7.41. The monoisotopic (exact) mass is 389 g/mol. The largest absolute Gasteiger partial charge is 0.310 e. The van der Waals surface area contributed by atoms with Gasteiger partial charge in [-0.2, -0.15) is 4.31 Å². The Kier molecular flexibility index (Phi) is 5.22. The van der Waals surface area contributed by atoms with Crippen LogP contribution in [0.15, 0.2) is 65.7 Å². The highest BCUT2D eigenvalue weighted by molar-refractivity contribution is 7.89. The zero-order chi connectivity index (χ0) is 18.7. The van der Waals surface area contributed by atoms with Gasteiger partial charge in [0.2, 0.25) is 15.9 Å². The van der Waals surface area contributed by atoms with E-state index in [9.17, 15) is 13.2 Å². The molecule has 1 aromatic heterocycles. The SMILES string of the molecule is CN(CC(=O)Nc1ccc(Cl)cn1)S(=O)(=O)c1ccc2ccccc2c1. The number of sulfonamides is 1. The standard InChI is InChI=1S/C18H16ClN3O3S/c1-22(12-18(23)21-17-9-7-15(19)11-20-17)26(24,25)16-8-6-13-4-2-3-5-14(13)10-16/h2-11H,12H2,1H3,(H,20,21,23). The molecule has 0 saturated heterocycles. The average molecular weight is 390 g/mol. The Morgan fingerprint density at radius 2 is 1.85 bits per heavy atom. The fraction of sp³-hybridized carbons (Fsp3) is 0.111. The lowest BCUT2D eigenvalue weighted by Gasteiger charge is -2.17. The Hall–Kier alpha value is -2.48. The zero-order valence-electron chi connectivity index (χ0n) is 13.9. The second-order valence-electron chi connectivity index (χ2n) is 5.68. The van der Waals surface area contributed by atoms with Gasteiger partial charge in [0.1, 0.15) is 5.82 Å². The molecule has 0 fully saturated rings. The number of hydrogen-bond acceptors (Lipinski definition) is 4. The van der Waals surface area contributed by atoms with Crippen LogP contribution in [0, 0.1) is 0 Å². The highest BCUT2D eigenvalue weighted by Crippen LogP contribution is 2.21. The van der Waals surface area contributed by atoms with Crippen LogP contribution in [0.1, 0.15) is 0 Å². The molecule has 26 heavy (non-hydrogen) atoms. The molecule has 0 atom stereocenters. The average Bonchev–Trinajstić information content (AvgIpc) is 2.63. The summed E-state index contributed by atoms with van der Waals surface area (Å²) in [5, 5.41) is 4.74. The Morgan fingerprint density at radius 1 is 1.12 bits per heavy atom. The zero-order valence-corrected chi connectivity index (χ0v) is 15.5. The Morgan fingerprint density at radius 3 is 2.54 bits per heavy atom. The van der Waals surface area contributed by atoms with Gasteiger partial charge in [-0.05, 0) is 35.0 Å². The van der Waals surface area contributed by atoms with E-state index in [0.29, 0.717) is 10.8 Å². The van der Waals surface area contributed by atoms with Crippen LogP contribution < -0.4 is 5.32 Å². The van der Waals surface area contributed by atoms with Gasteiger partial charge in [0.25, 0.3) is 0 Å². The van der Waals surface area contributed by atoms with Gasteiger partial charge in [-0.1, -0.05) is 41.9 Å². The fourth-order valence-corrected chi connectivity index (χ4v) is 3.70. The molecule has 0 aliphatic carbocycles. The second-order valence-corrected chi connectivity index (χ2v) is 8.16. The van der Waals surface area contributed by atoms with Gasteiger partial charge in [0, 0.05) is 13.2 Å².